The van der Waals surface area contributed by atoms with E-state index in [1.807, 2.05) is 56.3 Å². The van der Waals surface area contributed by atoms with Crippen LogP contribution in [0.5, 0.6) is 11.5 Å². The molecule has 1 fully saturated rings. The van der Waals surface area contributed by atoms with E-state index in [0.717, 1.165) is 60.8 Å². The van der Waals surface area contributed by atoms with Crippen LogP contribution in [0.25, 0.3) is 10.2 Å². The molecule has 33 heavy (non-hydrogen) atoms. The summed E-state index contributed by atoms with van der Waals surface area (Å²) < 4.78 is 17.9. The molecule has 1 aliphatic rings. The lowest BCUT2D eigenvalue weighted by Crippen LogP contribution is -2.40. The number of fused-ring (bicyclic) bond motifs is 1. The second kappa shape index (κ2) is 11.4. The lowest BCUT2D eigenvalue weighted by Gasteiger charge is -2.27. The Kier molecular flexibility index (Phi) is 8.15. The zero-order chi connectivity index (χ0) is 23.0. The van der Waals surface area contributed by atoms with Crippen molar-refractivity contribution in [1.82, 2.24) is 9.88 Å². The van der Waals surface area contributed by atoms with Gasteiger partial charge in [-0.1, -0.05) is 23.5 Å². The van der Waals surface area contributed by atoms with E-state index in [-0.39, 0.29) is 12.5 Å². The SMILES string of the molecule is CCOc1ccc2nc(N(CCCN3CCOCC3)C(=O)COc3cccc(C)c3)sc2c1. The number of nitrogens with zero attached hydrogens (tertiary/aromatic N) is 3. The summed E-state index contributed by atoms with van der Waals surface area (Å²) in [5.41, 5.74) is 1.96. The van der Waals surface area contributed by atoms with Gasteiger partial charge < -0.3 is 14.2 Å². The molecule has 0 spiro atoms. The van der Waals surface area contributed by atoms with Crippen LogP contribution in [0.2, 0.25) is 0 Å². The van der Waals surface area contributed by atoms with E-state index < -0.39 is 0 Å². The fraction of sp³-hybridized carbons (Fsp3) is 0.440. The van der Waals surface area contributed by atoms with Crippen LogP contribution in [0.3, 0.4) is 0 Å². The van der Waals surface area contributed by atoms with Crippen LogP contribution >= 0.6 is 11.3 Å². The van der Waals surface area contributed by atoms with Crippen molar-refractivity contribution < 1.29 is 19.0 Å². The van der Waals surface area contributed by atoms with Gasteiger partial charge in [-0.2, -0.15) is 0 Å². The molecule has 1 saturated heterocycles. The van der Waals surface area contributed by atoms with E-state index >= 15 is 0 Å². The average Bonchev–Trinajstić information content (AvgIpc) is 3.24. The van der Waals surface area contributed by atoms with Gasteiger partial charge in [0.15, 0.2) is 11.7 Å². The topological polar surface area (TPSA) is 64.1 Å². The summed E-state index contributed by atoms with van der Waals surface area (Å²) in [6.07, 6.45) is 0.857. The molecule has 8 heteroatoms. The smallest absolute Gasteiger partial charge is 0.266 e. The molecule has 0 unspecified atom stereocenters. The second-order valence-corrected chi connectivity index (χ2v) is 9.03. The first-order valence-electron chi connectivity index (χ1n) is 11.5. The molecule has 0 N–H and O–H groups in total. The Labute approximate surface area is 198 Å². The zero-order valence-corrected chi connectivity index (χ0v) is 20.1. The maximum Gasteiger partial charge on any atom is 0.266 e. The summed E-state index contributed by atoms with van der Waals surface area (Å²) in [5, 5.41) is 0.693. The third-order valence-electron chi connectivity index (χ3n) is 5.50. The van der Waals surface area contributed by atoms with Crippen molar-refractivity contribution in [3.8, 4) is 11.5 Å². The minimum atomic E-state index is -0.0948. The first-order valence-corrected chi connectivity index (χ1v) is 12.3. The van der Waals surface area contributed by atoms with E-state index in [0.29, 0.717) is 24.0 Å². The van der Waals surface area contributed by atoms with E-state index in [2.05, 4.69) is 4.90 Å². The van der Waals surface area contributed by atoms with Gasteiger partial charge in [0.25, 0.3) is 5.91 Å². The lowest BCUT2D eigenvalue weighted by atomic mass is 10.2. The summed E-state index contributed by atoms with van der Waals surface area (Å²) in [4.78, 5) is 22.1. The number of aromatic nitrogens is 1. The normalized spacial score (nSPS) is 14.4. The highest BCUT2D eigenvalue weighted by Gasteiger charge is 2.21. The first-order chi connectivity index (χ1) is 16.1. The monoisotopic (exact) mass is 469 g/mol. The second-order valence-electron chi connectivity index (χ2n) is 8.02. The Hall–Kier alpha value is -2.68. The average molecular weight is 470 g/mol. The molecule has 1 aliphatic heterocycles. The largest absolute Gasteiger partial charge is 0.494 e. The number of morpholine rings is 1. The number of hydrogen-bond donors (Lipinski definition) is 0. The maximum atomic E-state index is 13.2. The van der Waals surface area contributed by atoms with Gasteiger partial charge in [-0.05, 0) is 56.2 Å². The summed E-state index contributed by atoms with van der Waals surface area (Å²) in [6, 6.07) is 13.6. The standard InChI is InChI=1S/C25H31N3O4S/c1-3-31-21-8-9-22-23(17-21)33-25(26-22)28(11-5-10-27-12-14-30-15-13-27)24(29)18-32-20-7-4-6-19(2)16-20/h4,6-9,16-17H,3,5,10-15,18H2,1-2H3. The highest BCUT2D eigenvalue weighted by molar-refractivity contribution is 7.22. The maximum absolute atomic E-state index is 13.2. The van der Waals surface area contributed by atoms with Crippen LogP contribution in [-0.4, -0.2) is 68.4 Å². The number of rotatable bonds is 10. The molecule has 0 radical (unpaired) electrons. The highest BCUT2D eigenvalue weighted by atomic mass is 32.1. The Balaban J connectivity index is 1.48. The van der Waals surface area contributed by atoms with Crippen molar-refractivity contribution >= 4 is 32.6 Å². The number of amides is 1. The van der Waals surface area contributed by atoms with Gasteiger partial charge in [0.1, 0.15) is 11.5 Å². The van der Waals surface area contributed by atoms with Gasteiger partial charge >= 0.3 is 0 Å². The van der Waals surface area contributed by atoms with Crippen LogP contribution in [-0.2, 0) is 9.53 Å². The molecule has 0 atom stereocenters. The fourth-order valence-electron chi connectivity index (χ4n) is 3.80. The summed E-state index contributed by atoms with van der Waals surface area (Å²) in [6.45, 7) is 9.48. The molecule has 0 saturated carbocycles. The third kappa shape index (κ3) is 6.43. The molecule has 2 aromatic carbocycles. The van der Waals surface area contributed by atoms with Crippen molar-refractivity contribution in [2.75, 3.05) is 57.5 Å². The molecule has 3 aromatic rings. The fourth-order valence-corrected chi connectivity index (χ4v) is 4.83. The van der Waals surface area contributed by atoms with Gasteiger partial charge in [0.2, 0.25) is 0 Å². The quantitative estimate of drug-likeness (QED) is 0.445. The summed E-state index contributed by atoms with van der Waals surface area (Å²) >= 11 is 1.51. The summed E-state index contributed by atoms with van der Waals surface area (Å²) in [7, 11) is 0. The molecule has 2 heterocycles. The van der Waals surface area contributed by atoms with Crippen molar-refractivity contribution in [2.45, 2.75) is 20.3 Å². The molecular weight excluding hydrogens is 438 g/mol. The highest BCUT2D eigenvalue weighted by Crippen LogP contribution is 2.32. The number of thiazole rings is 1. The van der Waals surface area contributed by atoms with Gasteiger partial charge in [-0.15, -0.1) is 0 Å². The Morgan fingerprint density at radius 2 is 1.97 bits per heavy atom. The molecule has 0 bridgehead atoms. The van der Waals surface area contributed by atoms with Gasteiger partial charge in [-0.25, -0.2) is 4.98 Å². The Morgan fingerprint density at radius 1 is 1.15 bits per heavy atom. The van der Waals surface area contributed by atoms with Crippen LogP contribution in [0.4, 0.5) is 5.13 Å². The number of carbonyl (C=O) groups excluding carboxylic acids is 1. The third-order valence-corrected chi connectivity index (χ3v) is 6.54. The molecular formula is C25H31N3O4S. The van der Waals surface area contributed by atoms with E-state index in [9.17, 15) is 4.79 Å². The summed E-state index contributed by atoms with van der Waals surface area (Å²) in [5.74, 6) is 1.41. The van der Waals surface area contributed by atoms with E-state index in [1.165, 1.54) is 11.3 Å². The van der Waals surface area contributed by atoms with Crippen LogP contribution in [0, 0.1) is 6.92 Å². The molecule has 1 aromatic heterocycles. The van der Waals surface area contributed by atoms with Crippen molar-refractivity contribution in [1.29, 1.82) is 0 Å². The Morgan fingerprint density at radius 3 is 2.76 bits per heavy atom. The van der Waals surface area contributed by atoms with Crippen molar-refractivity contribution in [3.05, 3.63) is 48.0 Å². The van der Waals surface area contributed by atoms with Crippen LogP contribution in [0.1, 0.15) is 18.9 Å². The number of aryl methyl sites for hydroxylation is 1. The molecule has 7 nitrogen and oxygen atoms in total. The number of anilines is 1. The van der Waals surface area contributed by atoms with E-state index in [4.69, 9.17) is 19.2 Å². The minimum absolute atomic E-state index is 0.0267. The molecule has 0 aliphatic carbocycles. The predicted molar refractivity (Wildman–Crippen MR) is 132 cm³/mol. The number of hydrogen-bond acceptors (Lipinski definition) is 7. The molecule has 1 amide bonds. The van der Waals surface area contributed by atoms with Crippen molar-refractivity contribution in [3.63, 3.8) is 0 Å². The van der Waals surface area contributed by atoms with Crippen LogP contribution < -0.4 is 14.4 Å². The number of ether oxygens (including phenoxy) is 3. The zero-order valence-electron chi connectivity index (χ0n) is 19.3. The van der Waals surface area contributed by atoms with Gasteiger partial charge in [0.05, 0.1) is 30.0 Å². The van der Waals surface area contributed by atoms with E-state index in [1.54, 1.807) is 4.90 Å². The van der Waals surface area contributed by atoms with Crippen molar-refractivity contribution in [2.24, 2.45) is 0 Å². The van der Waals surface area contributed by atoms with Gasteiger partial charge in [0, 0.05) is 26.2 Å². The number of benzene rings is 2. The number of carbonyl (C=O) groups is 1. The molecule has 4 rings (SSSR count). The minimum Gasteiger partial charge on any atom is -0.494 e. The van der Waals surface area contributed by atoms with Crippen LogP contribution in [0.15, 0.2) is 42.5 Å². The Bertz CT molecular complexity index is 1060. The van der Waals surface area contributed by atoms with Gasteiger partial charge in [-0.3, -0.25) is 14.6 Å². The molecule has 176 valence electrons. The lowest BCUT2D eigenvalue weighted by molar-refractivity contribution is -0.120. The predicted octanol–water partition coefficient (Wildman–Crippen LogP) is 4.14. The first kappa shape index (κ1) is 23.5.